The quantitative estimate of drug-likeness (QED) is 0.934. The van der Waals surface area contributed by atoms with Crippen LogP contribution in [0, 0.1) is 0 Å². The van der Waals surface area contributed by atoms with Crippen molar-refractivity contribution < 1.29 is 14.0 Å². The van der Waals surface area contributed by atoms with Gasteiger partial charge in [-0.25, -0.2) is 0 Å². The molecule has 0 amide bonds. The third-order valence-corrected chi connectivity index (χ3v) is 3.45. The van der Waals surface area contributed by atoms with Crippen LogP contribution >= 0.6 is 15.9 Å². The van der Waals surface area contributed by atoms with Crippen molar-refractivity contribution in [1.82, 2.24) is 5.16 Å². The molecule has 1 fully saturated rings. The van der Waals surface area contributed by atoms with E-state index < -0.39 is 0 Å². The Labute approximate surface area is 118 Å². The summed E-state index contributed by atoms with van der Waals surface area (Å²) in [6.45, 7) is 0. The van der Waals surface area contributed by atoms with Gasteiger partial charge < -0.3 is 19.7 Å². The minimum Gasteiger partial charge on any atom is -0.493 e. The Hall–Kier alpha value is -1.69. The van der Waals surface area contributed by atoms with Crippen LogP contribution in [0.15, 0.2) is 27.2 Å². The maximum atomic E-state index is 5.83. The Morgan fingerprint density at radius 1 is 1.37 bits per heavy atom. The van der Waals surface area contributed by atoms with Crippen LogP contribution in [-0.4, -0.2) is 18.4 Å². The first-order valence-corrected chi connectivity index (χ1v) is 6.73. The van der Waals surface area contributed by atoms with Crippen molar-refractivity contribution >= 4 is 21.8 Å². The van der Waals surface area contributed by atoms with Gasteiger partial charge in [0.25, 0.3) is 0 Å². The number of hydrogen-bond donors (Lipinski definition) is 1. The lowest BCUT2D eigenvalue weighted by atomic mass is 10.1. The van der Waals surface area contributed by atoms with Gasteiger partial charge in [0.1, 0.15) is 5.69 Å². The smallest absolute Gasteiger partial charge is 0.222 e. The van der Waals surface area contributed by atoms with E-state index >= 15 is 0 Å². The van der Waals surface area contributed by atoms with Crippen molar-refractivity contribution in [3.05, 3.63) is 22.7 Å². The van der Waals surface area contributed by atoms with Crippen molar-refractivity contribution in [2.45, 2.75) is 18.9 Å². The van der Waals surface area contributed by atoms with Crippen LogP contribution in [0.3, 0.4) is 0 Å². The molecule has 3 rings (SSSR count). The minimum atomic E-state index is 0.281. The van der Waals surface area contributed by atoms with Crippen LogP contribution in [-0.2, 0) is 0 Å². The number of methoxy groups -OCH3 is 1. The van der Waals surface area contributed by atoms with E-state index in [-0.39, 0.29) is 5.88 Å². The highest BCUT2D eigenvalue weighted by Crippen LogP contribution is 2.42. The summed E-state index contributed by atoms with van der Waals surface area (Å²) in [6.07, 6.45) is 2.49. The Kier molecular flexibility index (Phi) is 3.10. The van der Waals surface area contributed by atoms with Gasteiger partial charge in [0.2, 0.25) is 5.88 Å². The lowest BCUT2D eigenvalue weighted by molar-refractivity contribution is 0.280. The van der Waals surface area contributed by atoms with Crippen molar-refractivity contribution in [1.29, 1.82) is 0 Å². The summed E-state index contributed by atoms with van der Waals surface area (Å²) >= 11 is 3.50. The number of benzene rings is 1. The summed E-state index contributed by atoms with van der Waals surface area (Å²) in [5.74, 6) is 1.67. The molecule has 1 aliphatic carbocycles. The van der Waals surface area contributed by atoms with Gasteiger partial charge in [0.15, 0.2) is 11.5 Å². The number of aromatic nitrogens is 1. The maximum absolute atomic E-state index is 5.83. The SMILES string of the molecule is COc1cc(-c2cc(N)on2)cc(Br)c1OC1CC1. The van der Waals surface area contributed by atoms with Crippen LogP contribution in [0.5, 0.6) is 11.5 Å². The normalized spacial score (nSPS) is 14.4. The summed E-state index contributed by atoms with van der Waals surface area (Å²) in [4.78, 5) is 0. The highest BCUT2D eigenvalue weighted by molar-refractivity contribution is 9.10. The molecule has 0 atom stereocenters. The van der Waals surface area contributed by atoms with Crippen LogP contribution in [0.4, 0.5) is 5.88 Å². The van der Waals surface area contributed by atoms with Gasteiger partial charge >= 0.3 is 0 Å². The summed E-state index contributed by atoms with van der Waals surface area (Å²) in [7, 11) is 1.61. The molecular weight excluding hydrogens is 312 g/mol. The average Bonchev–Trinajstić information content (AvgIpc) is 3.11. The van der Waals surface area contributed by atoms with Crippen molar-refractivity contribution in [3.8, 4) is 22.8 Å². The topological polar surface area (TPSA) is 70.5 Å². The van der Waals surface area contributed by atoms with E-state index in [0.717, 1.165) is 28.6 Å². The van der Waals surface area contributed by atoms with E-state index in [2.05, 4.69) is 21.1 Å². The molecule has 1 aromatic heterocycles. The fourth-order valence-corrected chi connectivity index (χ4v) is 2.30. The van der Waals surface area contributed by atoms with Gasteiger partial charge in [-0.2, -0.15) is 0 Å². The largest absolute Gasteiger partial charge is 0.493 e. The number of nitrogens with zero attached hydrogens (tertiary/aromatic N) is 1. The first-order valence-electron chi connectivity index (χ1n) is 5.94. The summed E-state index contributed by atoms with van der Waals surface area (Å²) in [6, 6.07) is 5.44. The predicted molar refractivity (Wildman–Crippen MR) is 74.3 cm³/mol. The van der Waals surface area contributed by atoms with E-state index in [0.29, 0.717) is 17.5 Å². The molecule has 1 saturated carbocycles. The van der Waals surface area contributed by atoms with E-state index in [9.17, 15) is 0 Å². The molecule has 0 saturated heterocycles. The second-order valence-electron chi connectivity index (χ2n) is 4.42. The number of hydrogen-bond acceptors (Lipinski definition) is 5. The highest BCUT2D eigenvalue weighted by Gasteiger charge is 2.26. The van der Waals surface area contributed by atoms with Gasteiger partial charge in [-0.1, -0.05) is 5.16 Å². The molecule has 1 aromatic carbocycles. The van der Waals surface area contributed by atoms with Gasteiger partial charge in [0.05, 0.1) is 17.7 Å². The zero-order valence-corrected chi connectivity index (χ0v) is 11.9. The molecule has 0 bridgehead atoms. The number of nitrogens with two attached hydrogens (primary N) is 1. The molecule has 19 heavy (non-hydrogen) atoms. The van der Waals surface area contributed by atoms with Crippen LogP contribution in [0.2, 0.25) is 0 Å². The molecule has 0 aliphatic heterocycles. The van der Waals surface area contributed by atoms with Crippen LogP contribution in [0.1, 0.15) is 12.8 Å². The molecule has 5 nitrogen and oxygen atoms in total. The molecule has 1 heterocycles. The number of halogens is 1. The molecule has 2 N–H and O–H groups in total. The molecule has 0 spiro atoms. The molecule has 0 unspecified atom stereocenters. The van der Waals surface area contributed by atoms with Crippen LogP contribution < -0.4 is 15.2 Å². The molecule has 6 heteroatoms. The zero-order chi connectivity index (χ0) is 13.4. The summed E-state index contributed by atoms with van der Waals surface area (Å²) in [5, 5.41) is 3.89. The van der Waals surface area contributed by atoms with E-state index in [1.54, 1.807) is 13.2 Å². The molecular formula is C13H13BrN2O3. The Morgan fingerprint density at radius 2 is 2.16 bits per heavy atom. The lowest BCUT2D eigenvalue weighted by Gasteiger charge is -2.13. The fraction of sp³-hybridized carbons (Fsp3) is 0.308. The number of anilines is 1. The van der Waals surface area contributed by atoms with Crippen molar-refractivity contribution in [2.75, 3.05) is 12.8 Å². The second-order valence-corrected chi connectivity index (χ2v) is 5.28. The number of rotatable bonds is 4. The number of ether oxygens (including phenoxy) is 2. The van der Waals surface area contributed by atoms with Gasteiger partial charge in [-0.3, -0.25) is 0 Å². The summed E-state index contributed by atoms with van der Waals surface area (Å²) < 4.78 is 16.9. The van der Waals surface area contributed by atoms with E-state index in [1.807, 2.05) is 12.1 Å². The maximum Gasteiger partial charge on any atom is 0.222 e. The minimum absolute atomic E-state index is 0.281. The van der Waals surface area contributed by atoms with Gasteiger partial charge in [-0.05, 0) is 40.9 Å². The van der Waals surface area contributed by atoms with Gasteiger partial charge in [-0.15, -0.1) is 0 Å². The third-order valence-electron chi connectivity index (χ3n) is 2.86. The molecule has 100 valence electrons. The molecule has 1 aliphatic rings. The molecule has 0 radical (unpaired) electrons. The lowest BCUT2D eigenvalue weighted by Crippen LogP contribution is -2.00. The van der Waals surface area contributed by atoms with Crippen molar-refractivity contribution in [2.24, 2.45) is 0 Å². The molecule has 2 aromatic rings. The Morgan fingerprint density at radius 3 is 2.74 bits per heavy atom. The number of nitrogen functional groups attached to an aromatic ring is 1. The fourth-order valence-electron chi connectivity index (χ4n) is 1.76. The van der Waals surface area contributed by atoms with E-state index in [4.69, 9.17) is 19.7 Å². The van der Waals surface area contributed by atoms with Crippen molar-refractivity contribution in [3.63, 3.8) is 0 Å². The Bertz CT molecular complexity index is 608. The third kappa shape index (κ3) is 2.53. The highest BCUT2D eigenvalue weighted by atomic mass is 79.9. The van der Waals surface area contributed by atoms with E-state index in [1.165, 1.54) is 0 Å². The monoisotopic (exact) mass is 324 g/mol. The summed E-state index contributed by atoms with van der Waals surface area (Å²) in [5.41, 5.74) is 7.05. The Balaban J connectivity index is 2.00. The first-order chi connectivity index (χ1) is 9.17. The van der Waals surface area contributed by atoms with Crippen LogP contribution in [0.25, 0.3) is 11.3 Å². The van der Waals surface area contributed by atoms with Gasteiger partial charge in [0, 0.05) is 11.6 Å². The zero-order valence-electron chi connectivity index (χ0n) is 10.4. The average molecular weight is 325 g/mol. The standard InChI is InChI=1S/C13H13BrN2O3/c1-17-11-5-7(10-6-12(15)19-16-10)4-9(14)13(11)18-8-2-3-8/h4-6,8H,2-3,15H2,1H3. The first kappa shape index (κ1) is 12.3. The predicted octanol–water partition coefficient (Wildman–Crippen LogP) is 3.24. The second kappa shape index (κ2) is 4.77.